The third kappa shape index (κ3) is 5.45. The van der Waals surface area contributed by atoms with Gasteiger partial charge in [0, 0.05) is 18.3 Å². The Hall–Kier alpha value is -2.09. The first-order valence-electron chi connectivity index (χ1n) is 7.89. The third-order valence-electron chi connectivity index (χ3n) is 3.86. The number of para-hydroxylation sites is 1. The zero-order valence-electron chi connectivity index (χ0n) is 13.5. The van der Waals surface area contributed by atoms with Crippen LogP contribution in [0.15, 0.2) is 42.5 Å². The second-order valence-electron chi connectivity index (χ2n) is 5.76. The van der Waals surface area contributed by atoms with E-state index in [-0.39, 0.29) is 30.4 Å². The van der Waals surface area contributed by atoms with E-state index in [2.05, 4.69) is 16.0 Å². The molecule has 3 amide bonds. The van der Waals surface area contributed by atoms with Gasteiger partial charge in [-0.05, 0) is 43.0 Å². The van der Waals surface area contributed by atoms with E-state index in [1.165, 1.54) is 11.3 Å². The Morgan fingerprint density at radius 1 is 1.12 bits per heavy atom. The molecule has 2 aromatic rings. The van der Waals surface area contributed by atoms with Crippen molar-refractivity contribution in [2.75, 3.05) is 17.2 Å². The highest BCUT2D eigenvalue weighted by Crippen LogP contribution is 2.32. The van der Waals surface area contributed by atoms with Gasteiger partial charge in [0.2, 0.25) is 0 Å². The molecule has 0 aliphatic heterocycles. The lowest BCUT2D eigenvalue weighted by molar-refractivity contribution is 0.0937. The largest absolute Gasteiger partial charge is 0.347 e. The number of hydrogen-bond donors (Lipinski definition) is 4. The van der Waals surface area contributed by atoms with Crippen molar-refractivity contribution < 1.29 is 9.59 Å². The maximum absolute atomic E-state index is 12.3. The van der Waals surface area contributed by atoms with Crippen LogP contribution < -0.4 is 21.7 Å². The van der Waals surface area contributed by atoms with Crippen LogP contribution in [0.1, 0.15) is 22.5 Å². The molecule has 1 aliphatic rings. The molecule has 1 atom stereocenters. The molecule has 134 valence electrons. The fourth-order valence-electron chi connectivity index (χ4n) is 2.43. The first-order valence-corrected chi connectivity index (χ1v) is 8.71. The zero-order valence-corrected chi connectivity index (χ0v) is 15.2. The number of anilines is 2. The maximum Gasteiger partial charge on any atom is 0.324 e. The van der Waals surface area contributed by atoms with Crippen molar-refractivity contribution in [1.82, 2.24) is 5.32 Å². The number of rotatable bonds is 6. The first-order chi connectivity index (χ1) is 11.7. The Kier molecular flexibility index (Phi) is 6.81. The third-order valence-corrected chi connectivity index (χ3v) is 4.86. The van der Waals surface area contributed by atoms with Gasteiger partial charge in [0.1, 0.15) is 0 Å². The van der Waals surface area contributed by atoms with E-state index < -0.39 is 0 Å². The van der Waals surface area contributed by atoms with Crippen LogP contribution in [-0.4, -0.2) is 24.5 Å². The molecular weight excluding hydrogens is 360 g/mol. The van der Waals surface area contributed by atoms with Crippen LogP contribution in [0.3, 0.4) is 0 Å². The number of benzene rings is 1. The van der Waals surface area contributed by atoms with Crippen LogP contribution in [0.4, 0.5) is 15.5 Å². The zero-order chi connectivity index (χ0) is 16.9. The van der Waals surface area contributed by atoms with Crippen LogP contribution >= 0.6 is 23.7 Å². The van der Waals surface area contributed by atoms with Gasteiger partial charge >= 0.3 is 6.03 Å². The van der Waals surface area contributed by atoms with Gasteiger partial charge in [-0.3, -0.25) is 10.1 Å². The summed E-state index contributed by atoms with van der Waals surface area (Å²) < 4.78 is 0. The number of urea groups is 1. The van der Waals surface area contributed by atoms with Crippen molar-refractivity contribution in [2.24, 2.45) is 11.7 Å². The number of carbonyl (C=O) groups excluding carboxylic acids is 2. The van der Waals surface area contributed by atoms with Gasteiger partial charge in [-0.2, -0.15) is 0 Å². The molecule has 1 aromatic carbocycles. The Balaban J connectivity index is 0.00000225. The molecule has 0 bridgehead atoms. The summed E-state index contributed by atoms with van der Waals surface area (Å²) in [6.07, 6.45) is 2.25. The molecule has 1 saturated carbocycles. The average molecular weight is 381 g/mol. The molecule has 6 nitrogen and oxygen atoms in total. The molecule has 0 spiro atoms. The summed E-state index contributed by atoms with van der Waals surface area (Å²) >= 11 is 1.24. The first kappa shape index (κ1) is 19.2. The summed E-state index contributed by atoms with van der Waals surface area (Å²) in [5, 5.41) is 9.05. The van der Waals surface area contributed by atoms with Crippen molar-refractivity contribution in [1.29, 1.82) is 0 Å². The van der Waals surface area contributed by atoms with E-state index in [0.717, 1.165) is 12.8 Å². The minimum atomic E-state index is -0.340. The highest BCUT2D eigenvalue weighted by molar-refractivity contribution is 7.18. The van der Waals surface area contributed by atoms with Crippen LogP contribution in [0.25, 0.3) is 0 Å². The van der Waals surface area contributed by atoms with Gasteiger partial charge in [0.05, 0.1) is 9.88 Å². The molecule has 3 rings (SSSR count). The Labute approximate surface area is 156 Å². The van der Waals surface area contributed by atoms with Crippen LogP contribution in [0.2, 0.25) is 0 Å². The second kappa shape index (κ2) is 8.84. The van der Waals surface area contributed by atoms with E-state index in [1.54, 1.807) is 24.3 Å². The predicted octanol–water partition coefficient (Wildman–Crippen LogP) is 3.28. The summed E-state index contributed by atoms with van der Waals surface area (Å²) in [4.78, 5) is 24.8. The van der Waals surface area contributed by atoms with Crippen LogP contribution in [0, 0.1) is 5.92 Å². The lowest BCUT2D eigenvalue weighted by atomic mass is 10.2. The normalized spacial score (nSPS) is 14.1. The SMILES string of the molecule is Cl.NCC(NC(=O)c1ccc(NC(=O)Nc2ccccc2)s1)C1CC1. The molecule has 0 saturated heterocycles. The van der Waals surface area contributed by atoms with Gasteiger partial charge in [-0.1, -0.05) is 18.2 Å². The van der Waals surface area contributed by atoms with Crippen molar-refractivity contribution >= 4 is 46.4 Å². The lowest BCUT2D eigenvalue weighted by Gasteiger charge is -2.15. The molecule has 5 N–H and O–H groups in total. The van der Waals surface area contributed by atoms with Gasteiger partial charge < -0.3 is 16.4 Å². The highest BCUT2D eigenvalue weighted by Gasteiger charge is 2.31. The Morgan fingerprint density at radius 3 is 2.48 bits per heavy atom. The molecular formula is C17H21ClN4O2S. The van der Waals surface area contributed by atoms with Gasteiger partial charge in [0.15, 0.2) is 0 Å². The number of amides is 3. The lowest BCUT2D eigenvalue weighted by Crippen LogP contribution is -2.41. The van der Waals surface area contributed by atoms with Crippen molar-refractivity contribution in [3.8, 4) is 0 Å². The summed E-state index contributed by atoms with van der Waals surface area (Å²) in [5.74, 6) is 0.368. The van der Waals surface area contributed by atoms with Crippen molar-refractivity contribution in [3.05, 3.63) is 47.3 Å². The number of nitrogens with two attached hydrogens (primary N) is 1. The summed E-state index contributed by atoms with van der Waals surface area (Å²) in [6.45, 7) is 0.451. The molecule has 1 heterocycles. The minimum absolute atomic E-state index is 0. The molecule has 1 unspecified atom stereocenters. The number of thiophene rings is 1. The van der Waals surface area contributed by atoms with E-state index in [1.807, 2.05) is 18.2 Å². The molecule has 25 heavy (non-hydrogen) atoms. The predicted molar refractivity (Wildman–Crippen MR) is 104 cm³/mol. The Bertz CT molecular complexity index is 718. The number of carbonyl (C=O) groups is 2. The number of halogens is 1. The topological polar surface area (TPSA) is 96.2 Å². The van der Waals surface area contributed by atoms with Gasteiger partial charge in [-0.15, -0.1) is 23.7 Å². The van der Waals surface area contributed by atoms with Crippen molar-refractivity contribution in [2.45, 2.75) is 18.9 Å². The number of hydrogen-bond acceptors (Lipinski definition) is 4. The molecule has 0 radical (unpaired) electrons. The van der Waals surface area contributed by atoms with Gasteiger partial charge in [-0.25, -0.2) is 4.79 Å². The maximum atomic E-state index is 12.3. The van der Waals surface area contributed by atoms with E-state index in [9.17, 15) is 9.59 Å². The minimum Gasteiger partial charge on any atom is -0.347 e. The fourth-order valence-corrected chi connectivity index (χ4v) is 3.23. The Morgan fingerprint density at radius 2 is 1.84 bits per heavy atom. The van der Waals surface area contributed by atoms with Crippen molar-refractivity contribution in [3.63, 3.8) is 0 Å². The average Bonchev–Trinajstić information content (AvgIpc) is 3.32. The van der Waals surface area contributed by atoms with E-state index in [0.29, 0.717) is 28.0 Å². The monoisotopic (exact) mass is 380 g/mol. The molecule has 1 aromatic heterocycles. The smallest absolute Gasteiger partial charge is 0.324 e. The van der Waals surface area contributed by atoms with E-state index in [4.69, 9.17) is 5.73 Å². The standard InChI is InChI=1S/C17H20N4O2S.ClH/c18-10-13(11-6-7-11)20-16(22)14-8-9-15(24-14)21-17(23)19-12-4-2-1-3-5-12;/h1-5,8-9,11,13H,6-7,10,18H2,(H,20,22)(H2,19,21,23);1H. The highest BCUT2D eigenvalue weighted by atomic mass is 35.5. The summed E-state index contributed by atoms with van der Waals surface area (Å²) in [5.41, 5.74) is 6.42. The summed E-state index contributed by atoms with van der Waals surface area (Å²) in [7, 11) is 0. The molecule has 8 heteroatoms. The van der Waals surface area contributed by atoms with Crippen LogP contribution in [0.5, 0.6) is 0 Å². The second-order valence-corrected chi connectivity index (χ2v) is 6.85. The van der Waals surface area contributed by atoms with E-state index >= 15 is 0 Å². The fraction of sp³-hybridized carbons (Fsp3) is 0.294. The molecule has 1 aliphatic carbocycles. The van der Waals surface area contributed by atoms with Crippen LogP contribution in [-0.2, 0) is 0 Å². The number of nitrogens with one attached hydrogen (secondary N) is 3. The summed E-state index contributed by atoms with van der Waals surface area (Å²) in [6, 6.07) is 12.3. The quantitative estimate of drug-likeness (QED) is 0.619. The molecule has 1 fully saturated rings. The van der Waals surface area contributed by atoms with Gasteiger partial charge in [0.25, 0.3) is 5.91 Å².